The number of hydrogen-bond donors (Lipinski definition) is 1. The molecule has 20 heavy (non-hydrogen) atoms. The number of thiophene rings is 1. The standard InChI is InChI=1S/C14H19NO3S2/c16-14(15-8-10-5-6-20(17,18)9-10)13-7-11-3-1-2-4-12(11)19-13/h7,10H,1-6,8-9H2,(H,15,16). The van der Waals surface area contributed by atoms with Crippen molar-refractivity contribution in [2.75, 3.05) is 18.1 Å². The van der Waals surface area contributed by atoms with Crippen molar-refractivity contribution in [2.45, 2.75) is 32.1 Å². The summed E-state index contributed by atoms with van der Waals surface area (Å²) in [5, 5.41) is 2.89. The summed E-state index contributed by atoms with van der Waals surface area (Å²) < 4.78 is 22.8. The molecule has 1 aliphatic carbocycles. The van der Waals surface area contributed by atoms with E-state index in [1.165, 1.54) is 23.3 Å². The molecule has 110 valence electrons. The van der Waals surface area contributed by atoms with Gasteiger partial charge in [-0.05, 0) is 49.7 Å². The van der Waals surface area contributed by atoms with Crippen LogP contribution in [0.25, 0.3) is 0 Å². The molecule has 2 aliphatic rings. The summed E-state index contributed by atoms with van der Waals surface area (Å²) in [6, 6.07) is 2.01. The molecule has 1 saturated heterocycles. The van der Waals surface area contributed by atoms with Crippen LogP contribution in [-0.2, 0) is 22.7 Å². The van der Waals surface area contributed by atoms with E-state index in [1.807, 2.05) is 6.07 Å². The smallest absolute Gasteiger partial charge is 0.261 e. The molecule has 1 fully saturated rings. The second-order valence-electron chi connectivity index (χ2n) is 5.75. The lowest BCUT2D eigenvalue weighted by Gasteiger charge is -2.08. The summed E-state index contributed by atoms with van der Waals surface area (Å²) in [4.78, 5) is 14.3. The molecule has 0 saturated carbocycles. The Balaban J connectivity index is 1.58. The monoisotopic (exact) mass is 313 g/mol. The van der Waals surface area contributed by atoms with Crippen molar-refractivity contribution in [1.82, 2.24) is 5.32 Å². The highest BCUT2D eigenvalue weighted by atomic mass is 32.2. The number of amides is 1. The van der Waals surface area contributed by atoms with Gasteiger partial charge in [-0.25, -0.2) is 8.42 Å². The van der Waals surface area contributed by atoms with Crippen LogP contribution >= 0.6 is 11.3 Å². The van der Waals surface area contributed by atoms with Crippen LogP contribution in [0.4, 0.5) is 0 Å². The average Bonchev–Trinajstić information content (AvgIpc) is 2.99. The zero-order valence-electron chi connectivity index (χ0n) is 11.4. The minimum absolute atomic E-state index is 0.0475. The van der Waals surface area contributed by atoms with Gasteiger partial charge in [-0.1, -0.05) is 0 Å². The lowest BCUT2D eigenvalue weighted by Crippen LogP contribution is -2.29. The largest absolute Gasteiger partial charge is 0.351 e. The Kier molecular flexibility index (Phi) is 3.86. The van der Waals surface area contributed by atoms with Crippen molar-refractivity contribution in [3.63, 3.8) is 0 Å². The van der Waals surface area contributed by atoms with Gasteiger partial charge in [-0.3, -0.25) is 4.79 Å². The first-order valence-electron chi connectivity index (χ1n) is 7.14. The van der Waals surface area contributed by atoms with E-state index in [9.17, 15) is 13.2 Å². The van der Waals surface area contributed by atoms with Crippen molar-refractivity contribution in [2.24, 2.45) is 5.92 Å². The number of carbonyl (C=O) groups is 1. The van der Waals surface area contributed by atoms with Crippen LogP contribution in [0.2, 0.25) is 0 Å². The molecule has 0 radical (unpaired) electrons. The third kappa shape index (κ3) is 3.06. The van der Waals surface area contributed by atoms with Crippen LogP contribution in [0.3, 0.4) is 0 Å². The maximum Gasteiger partial charge on any atom is 0.261 e. The topological polar surface area (TPSA) is 63.2 Å². The molecule has 1 atom stereocenters. The fourth-order valence-electron chi connectivity index (χ4n) is 2.96. The van der Waals surface area contributed by atoms with E-state index in [0.29, 0.717) is 13.0 Å². The molecule has 1 aliphatic heterocycles. The Bertz CT molecular complexity index is 595. The molecule has 4 nitrogen and oxygen atoms in total. The predicted octanol–water partition coefficient (Wildman–Crippen LogP) is 1.79. The SMILES string of the molecule is O=C(NCC1CCS(=O)(=O)C1)c1cc2c(s1)CCCC2. The second kappa shape index (κ2) is 5.48. The van der Waals surface area contributed by atoms with Crippen molar-refractivity contribution >= 4 is 27.1 Å². The third-order valence-corrected chi connectivity index (χ3v) is 7.17. The number of hydrogen-bond acceptors (Lipinski definition) is 4. The average molecular weight is 313 g/mol. The molecule has 1 unspecified atom stereocenters. The van der Waals surface area contributed by atoms with Gasteiger partial charge in [0.25, 0.3) is 5.91 Å². The Morgan fingerprint density at radius 1 is 1.35 bits per heavy atom. The highest BCUT2D eigenvalue weighted by Gasteiger charge is 2.28. The summed E-state index contributed by atoms with van der Waals surface area (Å²) in [7, 11) is -2.86. The molecule has 1 N–H and O–H groups in total. The summed E-state index contributed by atoms with van der Waals surface area (Å²) in [5.74, 6) is 0.516. The van der Waals surface area contributed by atoms with E-state index >= 15 is 0 Å². The Hall–Kier alpha value is -0.880. The van der Waals surface area contributed by atoms with Gasteiger partial charge >= 0.3 is 0 Å². The first-order valence-corrected chi connectivity index (χ1v) is 9.77. The van der Waals surface area contributed by atoms with Gasteiger partial charge < -0.3 is 5.32 Å². The first-order chi connectivity index (χ1) is 9.53. The molecule has 2 heterocycles. The van der Waals surface area contributed by atoms with Crippen LogP contribution in [0.5, 0.6) is 0 Å². The Morgan fingerprint density at radius 3 is 2.85 bits per heavy atom. The van der Waals surface area contributed by atoms with Gasteiger partial charge in [0, 0.05) is 11.4 Å². The molecule has 0 aromatic carbocycles. The molecule has 0 spiro atoms. The van der Waals surface area contributed by atoms with E-state index in [4.69, 9.17) is 0 Å². The van der Waals surface area contributed by atoms with Gasteiger partial charge in [0.2, 0.25) is 0 Å². The van der Waals surface area contributed by atoms with Crippen LogP contribution in [0, 0.1) is 5.92 Å². The fraction of sp³-hybridized carbons (Fsp3) is 0.643. The summed E-state index contributed by atoms with van der Waals surface area (Å²) >= 11 is 1.60. The van der Waals surface area contributed by atoms with Crippen LogP contribution in [0.1, 0.15) is 39.4 Å². The van der Waals surface area contributed by atoms with Gasteiger partial charge in [0.05, 0.1) is 16.4 Å². The van der Waals surface area contributed by atoms with Crippen LogP contribution in [0.15, 0.2) is 6.07 Å². The van der Waals surface area contributed by atoms with E-state index in [1.54, 1.807) is 11.3 Å². The number of sulfone groups is 1. The highest BCUT2D eigenvalue weighted by molar-refractivity contribution is 7.91. The second-order valence-corrected chi connectivity index (χ2v) is 9.11. The predicted molar refractivity (Wildman–Crippen MR) is 80.1 cm³/mol. The lowest BCUT2D eigenvalue weighted by atomic mass is 9.99. The molecule has 0 bridgehead atoms. The first kappa shape index (κ1) is 14.1. The third-order valence-electron chi connectivity index (χ3n) is 4.10. The molecule has 1 aromatic heterocycles. The molecule has 6 heteroatoms. The maximum absolute atomic E-state index is 12.1. The molecular weight excluding hydrogens is 294 g/mol. The minimum atomic E-state index is -2.86. The van der Waals surface area contributed by atoms with E-state index < -0.39 is 9.84 Å². The van der Waals surface area contributed by atoms with Crippen LogP contribution < -0.4 is 5.32 Å². The van der Waals surface area contributed by atoms with E-state index in [-0.39, 0.29) is 23.3 Å². The van der Waals surface area contributed by atoms with Crippen molar-refractivity contribution in [3.8, 4) is 0 Å². The quantitative estimate of drug-likeness (QED) is 0.925. The van der Waals surface area contributed by atoms with Gasteiger partial charge in [0.1, 0.15) is 0 Å². The zero-order chi connectivity index (χ0) is 14.2. The van der Waals surface area contributed by atoms with Gasteiger partial charge in [0.15, 0.2) is 9.84 Å². The zero-order valence-corrected chi connectivity index (χ0v) is 13.0. The Labute approximate surface area is 123 Å². The normalized spacial score (nSPS) is 24.3. The summed E-state index contributed by atoms with van der Waals surface area (Å²) in [5.41, 5.74) is 1.33. The van der Waals surface area contributed by atoms with E-state index in [2.05, 4.69) is 5.32 Å². The number of aryl methyl sites for hydroxylation is 2. The van der Waals surface area contributed by atoms with Gasteiger partial charge in [-0.15, -0.1) is 11.3 Å². The van der Waals surface area contributed by atoms with E-state index in [0.717, 1.165) is 17.7 Å². The van der Waals surface area contributed by atoms with Gasteiger partial charge in [-0.2, -0.15) is 0 Å². The lowest BCUT2D eigenvalue weighted by molar-refractivity contribution is 0.0952. The molecule has 1 aromatic rings. The van der Waals surface area contributed by atoms with Crippen molar-refractivity contribution < 1.29 is 13.2 Å². The number of carbonyl (C=O) groups excluding carboxylic acids is 1. The minimum Gasteiger partial charge on any atom is -0.351 e. The van der Waals surface area contributed by atoms with Crippen molar-refractivity contribution in [1.29, 1.82) is 0 Å². The maximum atomic E-state index is 12.1. The fourth-order valence-corrected chi connectivity index (χ4v) is 5.99. The molecule has 3 rings (SSSR count). The molecule has 1 amide bonds. The number of rotatable bonds is 3. The highest BCUT2D eigenvalue weighted by Crippen LogP contribution is 2.29. The summed E-state index contributed by atoms with van der Waals surface area (Å²) in [6.07, 6.45) is 5.27. The summed E-state index contributed by atoms with van der Waals surface area (Å²) in [6.45, 7) is 0.473. The number of nitrogens with one attached hydrogen (secondary N) is 1. The Morgan fingerprint density at radius 2 is 2.15 bits per heavy atom. The number of fused-ring (bicyclic) bond motifs is 1. The van der Waals surface area contributed by atoms with Crippen molar-refractivity contribution in [3.05, 3.63) is 21.4 Å². The molecular formula is C14H19NO3S2. The van der Waals surface area contributed by atoms with Crippen LogP contribution in [-0.4, -0.2) is 32.4 Å².